The summed E-state index contributed by atoms with van der Waals surface area (Å²) in [5.74, 6) is -2.71. The van der Waals surface area contributed by atoms with Crippen molar-refractivity contribution in [3.8, 4) is 0 Å². The maximum Gasteiger partial charge on any atom is 0.471 e. The predicted molar refractivity (Wildman–Crippen MR) is 61.8 cm³/mol. The van der Waals surface area contributed by atoms with Gasteiger partial charge in [-0.2, -0.15) is 13.2 Å². The van der Waals surface area contributed by atoms with Gasteiger partial charge in [0.2, 0.25) is 0 Å². The van der Waals surface area contributed by atoms with E-state index in [1.54, 1.807) is 12.2 Å². The Kier molecular flexibility index (Phi) is 5.61. The lowest BCUT2D eigenvalue weighted by Crippen LogP contribution is -2.51. The third kappa shape index (κ3) is 4.55. The number of rotatable bonds is 3. The van der Waals surface area contributed by atoms with Crippen molar-refractivity contribution >= 4 is 12.0 Å². The van der Waals surface area contributed by atoms with Crippen molar-refractivity contribution in [1.82, 2.24) is 10.2 Å². The van der Waals surface area contributed by atoms with Gasteiger partial charge in [-0.3, -0.25) is 4.79 Å². The van der Waals surface area contributed by atoms with E-state index in [1.165, 1.54) is 4.90 Å². The van der Waals surface area contributed by atoms with Crippen LogP contribution in [0.4, 0.5) is 18.0 Å². The summed E-state index contributed by atoms with van der Waals surface area (Å²) < 4.78 is 40.9. The monoisotopic (exact) mass is 298 g/mol. The summed E-state index contributed by atoms with van der Waals surface area (Å²) in [6.07, 6.45) is -6.17. The zero-order valence-electron chi connectivity index (χ0n) is 10.9. The Balaban J connectivity index is 2.51. The van der Waals surface area contributed by atoms with Gasteiger partial charge in [0.1, 0.15) is 0 Å². The second-order valence-corrected chi connectivity index (χ2v) is 4.47. The van der Waals surface area contributed by atoms with E-state index in [2.05, 4.69) is 0 Å². The molecular formula is C11H17F3N2O4. The first kappa shape index (κ1) is 16.5. The zero-order chi connectivity index (χ0) is 15.3. The molecule has 2 N–H and O–H groups in total. The number of aliphatic hydroxyl groups excluding tert-OH is 1. The van der Waals surface area contributed by atoms with Crippen molar-refractivity contribution in [2.24, 2.45) is 5.92 Å². The number of halogens is 3. The number of hydrogen-bond donors (Lipinski definition) is 2. The Morgan fingerprint density at radius 1 is 1.45 bits per heavy atom. The largest absolute Gasteiger partial charge is 0.471 e. The van der Waals surface area contributed by atoms with Gasteiger partial charge in [0.15, 0.2) is 0 Å². The van der Waals surface area contributed by atoms with Crippen LogP contribution in [0.15, 0.2) is 0 Å². The Morgan fingerprint density at radius 3 is 2.65 bits per heavy atom. The molecule has 0 aromatic rings. The molecular weight excluding hydrogens is 281 g/mol. The quantitative estimate of drug-likeness (QED) is 0.795. The Hall–Kier alpha value is -1.51. The third-order valence-corrected chi connectivity index (χ3v) is 3.00. The van der Waals surface area contributed by atoms with Crippen LogP contribution >= 0.6 is 0 Å². The van der Waals surface area contributed by atoms with Gasteiger partial charge in [-0.05, 0) is 13.3 Å². The number of nitrogens with one attached hydrogen (secondary N) is 1. The minimum atomic E-state index is -4.96. The highest BCUT2D eigenvalue weighted by molar-refractivity contribution is 5.81. The number of ether oxygens (including phenoxy) is 1. The number of likely N-dealkylation sites (tertiary alicyclic amines) is 1. The number of carbonyl (C=O) groups excluding carboxylic acids is 2. The van der Waals surface area contributed by atoms with Gasteiger partial charge < -0.3 is 20.1 Å². The molecule has 0 aliphatic carbocycles. The van der Waals surface area contributed by atoms with E-state index in [1.807, 2.05) is 0 Å². The lowest BCUT2D eigenvalue weighted by Gasteiger charge is -2.35. The maximum absolute atomic E-state index is 12.0. The summed E-state index contributed by atoms with van der Waals surface area (Å²) in [6.45, 7) is 1.78. The van der Waals surface area contributed by atoms with E-state index in [0.29, 0.717) is 0 Å². The summed E-state index contributed by atoms with van der Waals surface area (Å²) in [5, 5.41) is 11.4. The molecule has 20 heavy (non-hydrogen) atoms. The summed E-state index contributed by atoms with van der Waals surface area (Å²) in [4.78, 5) is 23.5. The third-order valence-electron chi connectivity index (χ3n) is 3.00. The minimum absolute atomic E-state index is 0.0398. The van der Waals surface area contributed by atoms with Gasteiger partial charge in [-0.15, -0.1) is 0 Å². The van der Waals surface area contributed by atoms with Crippen molar-refractivity contribution in [3.63, 3.8) is 0 Å². The first-order chi connectivity index (χ1) is 9.25. The SMILES string of the molecule is CCOC(=O)N1CCC(O)C(CNC(=O)C(F)(F)F)C1. The first-order valence-electron chi connectivity index (χ1n) is 6.20. The Bertz CT molecular complexity index is 362. The molecule has 2 amide bonds. The van der Waals surface area contributed by atoms with Crippen molar-refractivity contribution in [1.29, 1.82) is 0 Å². The van der Waals surface area contributed by atoms with Crippen LogP contribution < -0.4 is 5.32 Å². The summed E-state index contributed by atoms with van der Waals surface area (Å²) >= 11 is 0. The topological polar surface area (TPSA) is 78.9 Å². The average molecular weight is 298 g/mol. The number of alkyl halides is 3. The number of carbonyl (C=O) groups is 2. The lowest BCUT2D eigenvalue weighted by atomic mass is 9.95. The summed E-state index contributed by atoms with van der Waals surface area (Å²) in [6, 6.07) is 0. The van der Waals surface area contributed by atoms with Crippen LogP contribution in [0.1, 0.15) is 13.3 Å². The molecule has 116 valence electrons. The fraction of sp³-hybridized carbons (Fsp3) is 0.818. The van der Waals surface area contributed by atoms with E-state index in [9.17, 15) is 27.9 Å². The molecule has 1 fully saturated rings. The van der Waals surface area contributed by atoms with Crippen LogP contribution in [0.3, 0.4) is 0 Å². The molecule has 2 atom stereocenters. The van der Waals surface area contributed by atoms with E-state index in [4.69, 9.17) is 4.74 Å². The Labute approximate surface area is 113 Å². The summed E-state index contributed by atoms with van der Waals surface area (Å²) in [7, 11) is 0. The average Bonchev–Trinajstić information content (AvgIpc) is 2.36. The van der Waals surface area contributed by atoms with E-state index in [0.717, 1.165) is 0 Å². The lowest BCUT2D eigenvalue weighted by molar-refractivity contribution is -0.174. The van der Waals surface area contributed by atoms with Gasteiger partial charge in [0.05, 0.1) is 12.7 Å². The van der Waals surface area contributed by atoms with Crippen LogP contribution in [0.2, 0.25) is 0 Å². The van der Waals surface area contributed by atoms with Gasteiger partial charge in [0.25, 0.3) is 0 Å². The summed E-state index contributed by atoms with van der Waals surface area (Å²) in [5.41, 5.74) is 0. The molecule has 2 unspecified atom stereocenters. The van der Waals surface area contributed by atoms with Crippen LogP contribution in [0.5, 0.6) is 0 Å². The molecule has 0 bridgehead atoms. The van der Waals surface area contributed by atoms with Gasteiger partial charge in [-0.1, -0.05) is 0 Å². The second kappa shape index (κ2) is 6.78. The molecule has 1 aliphatic rings. The molecule has 0 saturated carbocycles. The molecule has 0 aromatic heterocycles. The van der Waals surface area contributed by atoms with Crippen LogP contribution in [-0.2, 0) is 9.53 Å². The zero-order valence-corrected chi connectivity index (χ0v) is 10.9. The molecule has 0 aromatic carbocycles. The van der Waals surface area contributed by atoms with Crippen molar-refractivity contribution in [2.75, 3.05) is 26.2 Å². The van der Waals surface area contributed by atoms with Crippen LogP contribution in [-0.4, -0.2) is 60.5 Å². The number of hydrogen-bond acceptors (Lipinski definition) is 4. The molecule has 1 heterocycles. The number of amides is 2. The molecule has 9 heteroatoms. The van der Waals surface area contributed by atoms with E-state index >= 15 is 0 Å². The Morgan fingerprint density at radius 2 is 2.10 bits per heavy atom. The fourth-order valence-electron chi connectivity index (χ4n) is 1.93. The number of piperidine rings is 1. The number of aliphatic hydroxyl groups is 1. The fourth-order valence-corrected chi connectivity index (χ4v) is 1.93. The van der Waals surface area contributed by atoms with Crippen molar-refractivity contribution in [3.05, 3.63) is 0 Å². The van der Waals surface area contributed by atoms with E-state index in [-0.39, 0.29) is 32.7 Å². The van der Waals surface area contributed by atoms with Crippen LogP contribution in [0, 0.1) is 5.92 Å². The molecule has 0 radical (unpaired) electrons. The highest BCUT2D eigenvalue weighted by Crippen LogP contribution is 2.19. The molecule has 6 nitrogen and oxygen atoms in total. The molecule has 1 saturated heterocycles. The first-order valence-corrected chi connectivity index (χ1v) is 6.20. The smallest absolute Gasteiger partial charge is 0.450 e. The minimum Gasteiger partial charge on any atom is -0.450 e. The molecule has 1 aliphatic heterocycles. The molecule has 0 spiro atoms. The molecule has 1 rings (SSSR count). The van der Waals surface area contributed by atoms with E-state index < -0.39 is 30.2 Å². The normalized spacial score (nSPS) is 23.4. The highest BCUT2D eigenvalue weighted by atomic mass is 19.4. The number of nitrogens with zero attached hydrogens (tertiary/aromatic N) is 1. The van der Waals surface area contributed by atoms with Crippen LogP contribution in [0.25, 0.3) is 0 Å². The van der Waals surface area contributed by atoms with Gasteiger partial charge >= 0.3 is 18.2 Å². The second-order valence-electron chi connectivity index (χ2n) is 4.47. The van der Waals surface area contributed by atoms with Gasteiger partial charge in [0, 0.05) is 25.6 Å². The maximum atomic E-state index is 12.0. The highest BCUT2D eigenvalue weighted by Gasteiger charge is 2.39. The van der Waals surface area contributed by atoms with Gasteiger partial charge in [-0.25, -0.2) is 4.79 Å². The van der Waals surface area contributed by atoms with Crippen molar-refractivity contribution in [2.45, 2.75) is 25.6 Å². The predicted octanol–water partition coefficient (Wildman–Crippen LogP) is 0.504. The van der Waals surface area contributed by atoms with Crippen molar-refractivity contribution < 1.29 is 32.6 Å². The standard InChI is InChI=1S/C11H17F3N2O4/c1-2-20-10(19)16-4-3-8(17)7(6-16)5-15-9(18)11(12,13)14/h7-8,17H,2-6H2,1H3,(H,15,18).